The summed E-state index contributed by atoms with van der Waals surface area (Å²) in [6.07, 6.45) is 1.50. The van der Waals surface area contributed by atoms with Crippen molar-refractivity contribution in [1.82, 2.24) is 19.5 Å². The maximum absolute atomic E-state index is 12.6. The third-order valence-electron chi connectivity index (χ3n) is 4.12. The molecule has 0 saturated carbocycles. The summed E-state index contributed by atoms with van der Waals surface area (Å²) < 4.78 is 1.78. The van der Waals surface area contributed by atoms with Crippen molar-refractivity contribution in [3.63, 3.8) is 0 Å². The number of anilines is 2. The zero-order valence-electron chi connectivity index (χ0n) is 13.7. The van der Waals surface area contributed by atoms with Crippen molar-refractivity contribution in [2.75, 3.05) is 5.32 Å². The molecule has 4 rings (SSSR count). The predicted octanol–water partition coefficient (Wildman–Crippen LogP) is 4.50. The molecule has 6 nitrogen and oxygen atoms in total. The maximum Gasteiger partial charge on any atom is 0.261 e. The Labute approximate surface area is 158 Å². The molecule has 2 heterocycles. The van der Waals surface area contributed by atoms with Crippen LogP contribution in [0.3, 0.4) is 0 Å². The number of nitrogens with one attached hydrogen (secondary N) is 2. The lowest BCUT2D eigenvalue weighted by molar-refractivity contribution is 0.960. The van der Waals surface area contributed by atoms with E-state index < -0.39 is 0 Å². The summed E-state index contributed by atoms with van der Waals surface area (Å²) in [4.78, 5) is 24.2. The van der Waals surface area contributed by atoms with Crippen LogP contribution in [0.4, 0.5) is 11.6 Å². The lowest BCUT2D eigenvalue weighted by Gasteiger charge is -2.10. The molecule has 0 aliphatic heterocycles. The van der Waals surface area contributed by atoms with Crippen molar-refractivity contribution >= 4 is 62.8 Å². The van der Waals surface area contributed by atoms with E-state index in [0.717, 1.165) is 0 Å². The van der Waals surface area contributed by atoms with Crippen molar-refractivity contribution in [3.05, 3.63) is 63.1 Å². The average molecular weight is 386 g/mol. The van der Waals surface area contributed by atoms with E-state index in [1.54, 1.807) is 28.8 Å². The first kappa shape index (κ1) is 16.6. The lowest BCUT2D eigenvalue weighted by atomic mass is 10.2. The molecule has 0 saturated heterocycles. The van der Waals surface area contributed by atoms with Crippen LogP contribution in [0, 0.1) is 0 Å². The van der Waals surface area contributed by atoms with Crippen molar-refractivity contribution in [2.24, 2.45) is 7.05 Å². The van der Waals surface area contributed by atoms with Crippen molar-refractivity contribution in [2.45, 2.75) is 0 Å². The Morgan fingerprint density at radius 3 is 2.54 bits per heavy atom. The lowest BCUT2D eigenvalue weighted by Crippen LogP contribution is -2.11. The molecule has 4 aromatic rings. The second-order valence-electron chi connectivity index (χ2n) is 5.70. The molecule has 0 radical (unpaired) electrons. The predicted molar refractivity (Wildman–Crippen MR) is 106 cm³/mol. The fourth-order valence-electron chi connectivity index (χ4n) is 2.89. The number of aryl methyl sites for hydroxylation is 1. The molecule has 8 heteroatoms. The average Bonchev–Trinajstić information content (AvgIpc) is 2.94. The van der Waals surface area contributed by atoms with E-state index in [0.29, 0.717) is 49.4 Å². The van der Waals surface area contributed by atoms with Gasteiger partial charge in [0.25, 0.3) is 5.56 Å². The number of imidazole rings is 1. The van der Waals surface area contributed by atoms with Gasteiger partial charge in [-0.1, -0.05) is 35.8 Å². The number of fused-ring (bicyclic) bond motifs is 3. The Balaban J connectivity index is 1.96. The molecule has 2 aromatic carbocycles. The van der Waals surface area contributed by atoms with Crippen molar-refractivity contribution in [1.29, 1.82) is 0 Å². The van der Waals surface area contributed by atoms with Crippen LogP contribution in [-0.4, -0.2) is 19.5 Å². The van der Waals surface area contributed by atoms with Gasteiger partial charge in [-0.3, -0.25) is 4.79 Å². The molecule has 0 atom stereocenters. The summed E-state index contributed by atoms with van der Waals surface area (Å²) in [7, 11) is 1.81. The maximum atomic E-state index is 12.6. The minimum absolute atomic E-state index is 0.249. The summed E-state index contributed by atoms with van der Waals surface area (Å²) in [6, 6.07) is 8.81. The van der Waals surface area contributed by atoms with Crippen LogP contribution in [0.25, 0.3) is 28.0 Å². The van der Waals surface area contributed by atoms with Crippen LogP contribution in [0.5, 0.6) is 0 Å². The number of H-pyrrole nitrogens is 1. The number of nitrogens with zero attached hydrogens (tertiary/aromatic N) is 3. The highest BCUT2D eigenvalue weighted by atomic mass is 35.5. The van der Waals surface area contributed by atoms with Gasteiger partial charge in [-0.15, -0.1) is 0 Å². The zero-order chi connectivity index (χ0) is 18.4. The minimum atomic E-state index is -0.249. The largest absolute Gasteiger partial charge is 0.323 e. The van der Waals surface area contributed by atoms with Gasteiger partial charge in [0.1, 0.15) is 5.82 Å². The summed E-state index contributed by atoms with van der Waals surface area (Å²) in [6.45, 7) is 3.64. The normalized spacial score (nSPS) is 11.2. The van der Waals surface area contributed by atoms with Crippen LogP contribution >= 0.6 is 23.2 Å². The fourth-order valence-corrected chi connectivity index (χ4v) is 3.38. The van der Waals surface area contributed by atoms with Gasteiger partial charge in [-0.05, 0) is 30.3 Å². The van der Waals surface area contributed by atoms with Gasteiger partial charge in [-0.2, -0.15) is 0 Å². The van der Waals surface area contributed by atoms with E-state index in [9.17, 15) is 4.79 Å². The van der Waals surface area contributed by atoms with Crippen LogP contribution in [0.2, 0.25) is 10.0 Å². The molecule has 2 N–H and O–H groups in total. The van der Waals surface area contributed by atoms with E-state index in [2.05, 4.69) is 26.8 Å². The highest BCUT2D eigenvalue weighted by Gasteiger charge is 2.16. The third-order valence-corrected chi connectivity index (χ3v) is 4.75. The first-order valence-electron chi connectivity index (χ1n) is 7.72. The Kier molecular flexibility index (Phi) is 3.94. The van der Waals surface area contributed by atoms with E-state index in [1.165, 1.54) is 6.08 Å². The molecule has 130 valence electrons. The van der Waals surface area contributed by atoms with E-state index >= 15 is 0 Å². The fraction of sp³-hybridized carbons (Fsp3) is 0.0556. The molecule has 0 fully saturated rings. The van der Waals surface area contributed by atoms with E-state index in [-0.39, 0.29) is 5.56 Å². The standard InChI is InChI=1S/C18H13Cl2N5O/c1-3-13-21-11-7-8-12-16(14(11)17(26)23-13)25(2)18(22-12)24-15-9(19)5-4-6-10(15)20/h3-8H,1H2,2H3,(H,22,24)(H,21,23,26). The Hall–Kier alpha value is -2.83. The summed E-state index contributed by atoms with van der Waals surface area (Å²) >= 11 is 12.5. The molecule has 0 aliphatic carbocycles. The van der Waals surface area contributed by atoms with Gasteiger partial charge in [0, 0.05) is 7.05 Å². The summed E-state index contributed by atoms with van der Waals surface area (Å²) in [5, 5.41) is 4.56. The quantitative estimate of drug-likeness (QED) is 0.544. The Bertz CT molecular complexity index is 1220. The smallest absolute Gasteiger partial charge is 0.261 e. The molecule has 2 aromatic heterocycles. The first-order valence-corrected chi connectivity index (χ1v) is 8.48. The van der Waals surface area contributed by atoms with Crippen LogP contribution in [-0.2, 0) is 7.05 Å². The molecule has 0 spiro atoms. The van der Waals surface area contributed by atoms with Gasteiger partial charge in [-0.25, -0.2) is 9.97 Å². The monoisotopic (exact) mass is 385 g/mol. The summed E-state index contributed by atoms with van der Waals surface area (Å²) in [5.41, 5.74) is 2.20. The number of hydrogen-bond acceptors (Lipinski definition) is 4. The first-order chi connectivity index (χ1) is 12.5. The molecule has 0 unspecified atom stereocenters. The highest BCUT2D eigenvalue weighted by molar-refractivity contribution is 6.39. The molecule has 0 amide bonds. The van der Waals surface area contributed by atoms with Gasteiger partial charge >= 0.3 is 0 Å². The second kappa shape index (κ2) is 6.16. The Morgan fingerprint density at radius 1 is 1.15 bits per heavy atom. The van der Waals surface area contributed by atoms with Crippen LogP contribution < -0.4 is 10.9 Å². The van der Waals surface area contributed by atoms with Gasteiger partial charge < -0.3 is 14.9 Å². The molecule has 0 aliphatic rings. The number of hydrogen-bond donors (Lipinski definition) is 2. The molecule has 26 heavy (non-hydrogen) atoms. The number of aromatic amines is 1. The van der Waals surface area contributed by atoms with Crippen molar-refractivity contribution < 1.29 is 0 Å². The third kappa shape index (κ3) is 2.55. The van der Waals surface area contributed by atoms with E-state index in [1.807, 2.05) is 13.1 Å². The number of para-hydroxylation sites is 1. The molecular formula is C18H13Cl2N5O. The highest BCUT2D eigenvalue weighted by Crippen LogP contribution is 2.33. The topological polar surface area (TPSA) is 75.6 Å². The summed E-state index contributed by atoms with van der Waals surface area (Å²) in [5.74, 6) is 0.930. The van der Waals surface area contributed by atoms with E-state index in [4.69, 9.17) is 23.2 Å². The van der Waals surface area contributed by atoms with Gasteiger partial charge in [0.05, 0.1) is 37.7 Å². The number of benzene rings is 2. The van der Waals surface area contributed by atoms with Crippen LogP contribution in [0.1, 0.15) is 5.82 Å². The number of aromatic nitrogens is 4. The second-order valence-corrected chi connectivity index (χ2v) is 6.51. The number of halogens is 2. The van der Waals surface area contributed by atoms with Crippen LogP contribution in [0.15, 0.2) is 41.7 Å². The zero-order valence-corrected chi connectivity index (χ0v) is 15.2. The SMILES string of the molecule is C=Cc1nc2ccc3nc(Nc4c(Cl)cccc4Cl)n(C)c3c2c(=O)[nH]1. The molecule has 0 bridgehead atoms. The number of rotatable bonds is 3. The minimum Gasteiger partial charge on any atom is -0.323 e. The Morgan fingerprint density at radius 2 is 1.85 bits per heavy atom. The molecular weight excluding hydrogens is 373 g/mol. The van der Waals surface area contributed by atoms with Gasteiger partial charge in [0.15, 0.2) is 0 Å². The van der Waals surface area contributed by atoms with Gasteiger partial charge in [0.2, 0.25) is 5.95 Å². The van der Waals surface area contributed by atoms with Crippen molar-refractivity contribution in [3.8, 4) is 0 Å².